The highest BCUT2D eigenvalue weighted by molar-refractivity contribution is 6.77. The van der Waals surface area contributed by atoms with Gasteiger partial charge in [0, 0.05) is 30.5 Å². The molecule has 1 fully saturated rings. The number of hydrogen-bond acceptors (Lipinski definition) is 3. The van der Waals surface area contributed by atoms with Crippen molar-refractivity contribution in [3.63, 3.8) is 0 Å². The number of nitrogens with two attached hydrogens (primary N) is 1. The first kappa shape index (κ1) is 18.6. The van der Waals surface area contributed by atoms with Crippen LogP contribution in [-0.4, -0.2) is 52.5 Å². The Hall–Kier alpha value is -0.786. The van der Waals surface area contributed by atoms with Crippen LogP contribution in [0, 0.1) is 0 Å². The standard InChI is InChI=1S/C18H35N3Si2/c1-22(2,3)14-21(15-23(4,5)6)18-11-12-20(13-18)17-9-7-16(19)8-10-17/h7-10,18H,11-15,19H2,1-6H3. The maximum absolute atomic E-state index is 5.82. The van der Waals surface area contributed by atoms with Crippen molar-refractivity contribution in [2.24, 2.45) is 0 Å². The molecule has 23 heavy (non-hydrogen) atoms. The van der Waals surface area contributed by atoms with E-state index in [0.717, 1.165) is 5.69 Å². The van der Waals surface area contributed by atoms with Crippen molar-refractivity contribution in [3.05, 3.63) is 24.3 Å². The number of nitrogens with zero attached hydrogens (tertiary/aromatic N) is 2. The summed E-state index contributed by atoms with van der Waals surface area (Å²) in [6.45, 7) is 17.3. The van der Waals surface area contributed by atoms with Gasteiger partial charge in [-0.15, -0.1) is 0 Å². The topological polar surface area (TPSA) is 32.5 Å². The Labute approximate surface area is 144 Å². The third-order valence-corrected chi connectivity index (χ3v) is 7.00. The molecule has 130 valence electrons. The predicted molar refractivity (Wildman–Crippen MR) is 110 cm³/mol. The molecule has 1 heterocycles. The molecule has 0 aliphatic carbocycles. The molecule has 1 aliphatic rings. The van der Waals surface area contributed by atoms with Crippen LogP contribution in [0.5, 0.6) is 0 Å². The van der Waals surface area contributed by atoms with Crippen molar-refractivity contribution in [2.75, 3.05) is 36.1 Å². The van der Waals surface area contributed by atoms with Crippen molar-refractivity contribution >= 4 is 27.5 Å². The Kier molecular flexibility index (Phi) is 5.64. The van der Waals surface area contributed by atoms with Crippen LogP contribution < -0.4 is 10.6 Å². The van der Waals surface area contributed by atoms with E-state index in [2.05, 4.69) is 61.2 Å². The van der Waals surface area contributed by atoms with E-state index in [1.807, 2.05) is 12.1 Å². The summed E-state index contributed by atoms with van der Waals surface area (Å²) in [5.74, 6) is 0. The summed E-state index contributed by atoms with van der Waals surface area (Å²) in [4.78, 5) is 5.38. The van der Waals surface area contributed by atoms with E-state index < -0.39 is 16.1 Å². The minimum Gasteiger partial charge on any atom is -0.399 e. The lowest BCUT2D eigenvalue weighted by Gasteiger charge is -2.37. The fraction of sp³-hybridized carbons (Fsp3) is 0.667. The second-order valence-electron chi connectivity index (χ2n) is 9.51. The molecule has 0 bridgehead atoms. The number of anilines is 2. The van der Waals surface area contributed by atoms with E-state index in [-0.39, 0.29) is 0 Å². The zero-order valence-electron chi connectivity index (χ0n) is 15.9. The van der Waals surface area contributed by atoms with Gasteiger partial charge in [0.15, 0.2) is 0 Å². The average molecular weight is 350 g/mol. The summed E-state index contributed by atoms with van der Waals surface area (Å²) in [6.07, 6.45) is 3.95. The lowest BCUT2D eigenvalue weighted by atomic mass is 10.2. The third-order valence-electron chi connectivity index (χ3n) is 4.29. The maximum atomic E-state index is 5.82. The van der Waals surface area contributed by atoms with E-state index in [9.17, 15) is 0 Å². The molecular formula is C18H35N3Si2. The van der Waals surface area contributed by atoms with Crippen molar-refractivity contribution in [2.45, 2.75) is 51.7 Å². The smallest absolute Gasteiger partial charge is 0.0599 e. The SMILES string of the molecule is C[Si](C)(C)CN(C[Si](C)(C)C)C1CCN(c2ccc(N)cc2)C1. The van der Waals surface area contributed by atoms with Gasteiger partial charge in [0.2, 0.25) is 0 Å². The fourth-order valence-electron chi connectivity index (χ4n) is 3.49. The molecule has 1 aliphatic heterocycles. The monoisotopic (exact) mass is 349 g/mol. The molecule has 1 aromatic carbocycles. The van der Waals surface area contributed by atoms with Crippen LogP contribution in [-0.2, 0) is 0 Å². The summed E-state index contributed by atoms with van der Waals surface area (Å²) < 4.78 is 0. The first-order valence-corrected chi connectivity index (χ1v) is 16.3. The van der Waals surface area contributed by atoms with Crippen LogP contribution in [0.15, 0.2) is 24.3 Å². The van der Waals surface area contributed by atoms with Crippen molar-refractivity contribution in [1.29, 1.82) is 0 Å². The highest BCUT2D eigenvalue weighted by Crippen LogP contribution is 2.25. The van der Waals surface area contributed by atoms with Gasteiger partial charge in [0.1, 0.15) is 0 Å². The molecule has 1 aromatic rings. The Morgan fingerprint density at radius 3 is 2.00 bits per heavy atom. The van der Waals surface area contributed by atoms with Crippen LogP contribution in [0.2, 0.25) is 39.3 Å². The van der Waals surface area contributed by atoms with Gasteiger partial charge in [-0.25, -0.2) is 0 Å². The van der Waals surface area contributed by atoms with Gasteiger partial charge in [-0.2, -0.15) is 0 Å². The van der Waals surface area contributed by atoms with Gasteiger partial charge in [0.05, 0.1) is 16.1 Å². The largest absolute Gasteiger partial charge is 0.399 e. The number of nitrogen functional groups attached to an aromatic ring is 1. The molecule has 0 spiro atoms. The Morgan fingerprint density at radius 2 is 1.52 bits per heavy atom. The van der Waals surface area contributed by atoms with Crippen LogP contribution in [0.25, 0.3) is 0 Å². The molecule has 1 atom stereocenters. The van der Waals surface area contributed by atoms with Crippen LogP contribution in [0.4, 0.5) is 11.4 Å². The lowest BCUT2D eigenvalue weighted by Crippen LogP contribution is -2.52. The second-order valence-corrected chi connectivity index (χ2v) is 20.4. The Balaban J connectivity index is 2.07. The lowest BCUT2D eigenvalue weighted by molar-refractivity contribution is 0.274. The number of rotatable bonds is 6. The molecule has 0 radical (unpaired) electrons. The minimum absolute atomic E-state index is 0.714. The van der Waals surface area contributed by atoms with Crippen LogP contribution >= 0.6 is 0 Å². The first-order valence-electron chi connectivity index (χ1n) is 8.88. The molecule has 3 nitrogen and oxygen atoms in total. The van der Waals surface area contributed by atoms with Crippen molar-refractivity contribution < 1.29 is 0 Å². The summed E-state index contributed by atoms with van der Waals surface area (Å²) in [5, 5.41) is 0. The van der Waals surface area contributed by atoms with E-state index in [4.69, 9.17) is 5.73 Å². The summed E-state index contributed by atoms with van der Waals surface area (Å²) in [6, 6.07) is 9.08. The zero-order chi connectivity index (χ0) is 17.3. The maximum Gasteiger partial charge on any atom is 0.0599 e. The predicted octanol–water partition coefficient (Wildman–Crippen LogP) is 3.90. The van der Waals surface area contributed by atoms with Gasteiger partial charge in [-0.05, 0) is 43.0 Å². The average Bonchev–Trinajstić information content (AvgIpc) is 2.85. The van der Waals surface area contributed by atoms with Crippen LogP contribution in [0.1, 0.15) is 6.42 Å². The molecular weight excluding hydrogens is 314 g/mol. The summed E-state index contributed by atoms with van der Waals surface area (Å²) >= 11 is 0. The zero-order valence-corrected chi connectivity index (χ0v) is 17.9. The highest BCUT2D eigenvalue weighted by Gasteiger charge is 2.33. The molecule has 1 unspecified atom stereocenters. The molecule has 2 rings (SSSR count). The van der Waals surface area contributed by atoms with E-state index >= 15 is 0 Å². The van der Waals surface area contributed by atoms with Crippen molar-refractivity contribution in [3.8, 4) is 0 Å². The summed E-state index contributed by atoms with van der Waals surface area (Å²) in [7, 11) is -2.17. The van der Waals surface area contributed by atoms with E-state index in [0.29, 0.717) is 6.04 Å². The quantitative estimate of drug-likeness (QED) is 0.624. The van der Waals surface area contributed by atoms with Gasteiger partial charge >= 0.3 is 0 Å². The normalized spacial score (nSPS) is 19.6. The van der Waals surface area contributed by atoms with Gasteiger partial charge in [0.25, 0.3) is 0 Å². The van der Waals surface area contributed by atoms with Gasteiger partial charge < -0.3 is 15.5 Å². The molecule has 0 amide bonds. The second kappa shape index (κ2) is 6.99. The highest BCUT2D eigenvalue weighted by atomic mass is 28.3. The van der Waals surface area contributed by atoms with Gasteiger partial charge in [-0.1, -0.05) is 39.3 Å². The van der Waals surface area contributed by atoms with Crippen LogP contribution in [0.3, 0.4) is 0 Å². The molecule has 2 N–H and O–H groups in total. The summed E-state index contributed by atoms with van der Waals surface area (Å²) in [5.41, 5.74) is 7.99. The first-order chi connectivity index (χ1) is 10.5. The Morgan fingerprint density at radius 1 is 1.00 bits per heavy atom. The third kappa shape index (κ3) is 5.97. The van der Waals surface area contributed by atoms with E-state index in [1.54, 1.807) is 0 Å². The fourth-order valence-corrected chi connectivity index (χ4v) is 6.89. The number of benzene rings is 1. The van der Waals surface area contributed by atoms with Crippen molar-refractivity contribution in [1.82, 2.24) is 4.90 Å². The molecule has 1 saturated heterocycles. The Bertz CT molecular complexity index is 486. The van der Waals surface area contributed by atoms with E-state index in [1.165, 1.54) is 37.5 Å². The molecule has 5 heteroatoms. The number of hydrogen-bond donors (Lipinski definition) is 1. The molecule has 0 aromatic heterocycles. The van der Waals surface area contributed by atoms with Gasteiger partial charge in [-0.3, -0.25) is 0 Å². The minimum atomic E-state index is -1.08. The molecule has 0 saturated carbocycles.